The predicted molar refractivity (Wildman–Crippen MR) is 105 cm³/mol. The van der Waals surface area contributed by atoms with Crippen molar-refractivity contribution < 1.29 is 13.6 Å². The minimum Gasteiger partial charge on any atom is -0.478 e. The zero-order chi connectivity index (χ0) is 19.3. The van der Waals surface area contributed by atoms with Gasteiger partial charge >= 0.3 is 0 Å². The number of aromatic nitrogens is 3. The summed E-state index contributed by atoms with van der Waals surface area (Å²) in [5.74, 6) is 1.85. The molecule has 0 aliphatic rings. The van der Waals surface area contributed by atoms with E-state index in [1.165, 1.54) is 0 Å². The number of hydrogen-bond donors (Lipinski definition) is 1. The van der Waals surface area contributed by atoms with Crippen LogP contribution in [-0.4, -0.2) is 21.6 Å². The topological polar surface area (TPSA) is 100 Å². The molecule has 2 N–H and O–H groups in total. The van der Waals surface area contributed by atoms with Crippen LogP contribution in [0.1, 0.15) is 19.8 Å². The summed E-state index contributed by atoms with van der Waals surface area (Å²) in [6, 6.07) is 11.0. The standard InChI is InChI=1S/C21H20N4O3/c1-2-3-10-28-17-13-14(8-9-23-17)18-19(15-6-4-11-26-15)24-21(22)25-20(18)16-7-5-12-27-16/h4-9,11-13H,2-3,10H2,1H3,(H2,22,24,25). The van der Waals surface area contributed by atoms with Gasteiger partial charge in [0, 0.05) is 17.8 Å². The lowest BCUT2D eigenvalue weighted by Crippen LogP contribution is -2.03. The highest BCUT2D eigenvalue weighted by Gasteiger charge is 2.22. The molecule has 4 rings (SSSR count). The molecular weight excluding hydrogens is 356 g/mol. The van der Waals surface area contributed by atoms with Gasteiger partial charge in [-0.05, 0) is 42.3 Å². The van der Waals surface area contributed by atoms with Crippen LogP contribution in [-0.2, 0) is 0 Å². The van der Waals surface area contributed by atoms with Gasteiger partial charge in [0.25, 0.3) is 0 Å². The molecule has 0 amide bonds. The number of furan rings is 2. The zero-order valence-electron chi connectivity index (χ0n) is 15.5. The second-order valence-electron chi connectivity index (χ2n) is 6.19. The third-order valence-electron chi connectivity index (χ3n) is 4.21. The third-order valence-corrected chi connectivity index (χ3v) is 4.21. The molecule has 0 aliphatic carbocycles. The number of ether oxygens (including phenoxy) is 1. The van der Waals surface area contributed by atoms with Crippen molar-refractivity contribution in [2.75, 3.05) is 12.3 Å². The van der Waals surface area contributed by atoms with Gasteiger partial charge in [0.1, 0.15) is 11.4 Å². The number of nitrogen functional groups attached to an aromatic ring is 1. The van der Waals surface area contributed by atoms with E-state index in [2.05, 4.69) is 21.9 Å². The molecule has 7 heteroatoms. The second kappa shape index (κ2) is 7.96. The van der Waals surface area contributed by atoms with E-state index in [4.69, 9.17) is 19.3 Å². The lowest BCUT2D eigenvalue weighted by atomic mass is 10.00. The molecular formula is C21H20N4O3. The van der Waals surface area contributed by atoms with Gasteiger partial charge in [-0.15, -0.1) is 0 Å². The molecule has 0 atom stereocenters. The first-order valence-corrected chi connectivity index (χ1v) is 9.10. The van der Waals surface area contributed by atoms with Crippen molar-refractivity contribution in [1.82, 2.24) is 15.0 Å². The van der Waals surface area contributed by atoms with Crippen molar-refractivity contribution in [2.24, 2.45) is 0 Å². The second-order valence-corrected chi connectivity index (χ2v) is 6.19. The van der Waals surface area contributed by atoms with Crippen LogP contribution in [0.5, 0.6) is 5.88 Å². The van der Waals surface area contributed by atoms with Crippen molar-refractivity contribution in [3.63, 3.8) is 0 Å². The molecule has 7 nitrogen and oxygen atoms in total. The molecule has 4 aromatic rings. The fraction of sp³-hybridized carbons (Fsp3) is 0.190. The molecule has 0 radical (unpaired) electrons. The average molecular weight is 376 g/mol. The predicted octanol–water partition coefficient (Wildman–Crippen LogP) is 4.82. The molecule has 0 fully saturated rings. The highest BCUT2D eigenvalue weighted by molar-refractivity contribution is 5.89. The quantitative estimate of drug-likeness (QED) is 0.461. The Labute approximate surface area is 162 Å². The van der Waals surface area contributed by atoms with Crippen molar-refractivity contribution in [3.05, 3.63) is 55.1 Å². The minimum atomic E-state index is 0.134. The van der Waals surface area contributed by atoms with Gasteiger partial charge in [-0.2, -0.15) is 0 Å². The Morgan fingerprint density at radius 2 is 1.68 bits per heavy atom. The van der Waals surface area contributed by atoms with Gasteiger partial charge in [0.2, 0.25) is 11.8 Å². The fourth-order valence-electron chi connectivity index (χ4n) is 2.90. The van der Waals surface area contributed by atoms with Crippen molar-refractivity contribution >= 4 is 5.95 Å². The number of nitrogens with zero attached hydrogens (tertiary/aromatic N) is 3. The Hall–Kier alpha value is -3.61. The van der Waals surface area contributed by atoms with E-state index in [0.717, 1.165) is 24.0 Å². The van der Waals surface area contributed by atoms with Gasteiger partial charge in [0.05, 0.1) is 19.1 Å². The van der Waals surface area contributed by atoms with E-state index >= 15 is 0 Å². The minimum absolute atomic E-state index is 0.134. The number of anilines is 1. The number of pyridine rings is 1. The Kier molecular flexibility index (Phi) is 5.05. The summed E-state index contributed by atoms with van der Waals surface area (Å²) in [6.45, 7) is 2.73. The first kappa shape index (κ1) is 17.8. The third kappa shape index (κ3) is 3.59. The van der Waals surface area contributed by atoms with Gasteiger partial charge in [-0.25, -0.2) is 15.0 Å². The summed E-state index contributed by atoms with van der Waals surface area (Å²) in [7, 11) is 0. The van der Waals surface area contributed by atoms with Crippen LogP contribution in [0.4, 0.5) is 5.95 Å². The SMILES string of the molecule is CCCCOc1cc(-c2c(-c3ccco3)nc(N)nc2-c2ccco2)ccn1. The molecule has 0 spiro atoms. The highest BCUT2D eigenvalue weighted by atomic mass is 16.5. The molecule has 0 bridgehead atoms. The van der Waals surface area contributed by atoms with Crippen LogP contribution in [0.3, 0.4) is 0 Å². The van der Waals surface area contributed by atoms with Crippen LogP contribution >= 0.6 is 0 Å². The van der Waals surface area contributed by atoms with E-state index in [0.29, 0.717) is 35.4 Å². The van der Waals surface area contributed by atoms with Crippen LogP contribution in [0.25, 0.3) is 34.0 Å². The smallest absolute Gasteiger partial charge is 0.221 e. The van der Waals surface area contributed by atoms with Crippen molar-refractivity contribution in [3.8, 4) is 39.9 Å². The monoisotopic (exact) mass is 376 g/mol. The number of nitrogens with two attached hydrogens (primary N) is 1. The summed E-state index contributed by atoms with van der Waals surface area (Å²) < 4.78 is 17.0. The molecule has 4 heterocycles. The normalized spacial score (nSPS) is 10.9. The average Bonchev–Trinajstić information content (AvgIpc) is 3.42. The number of unbranched alkanes of at least 4 members (excludes halogenated alkanes) is 1. The Balaban J connectivity index is 1.89. The lowest BCUT2D eigenvalue weighted by Gasteiger charge is -2.13. The van der Waals surface area contributed by atoms with Gasteiger partial charge in [-0.3, -0.25) is 0 Å². The van der Waals surface area contributed by atoms with E-state index in [9.17, 15) is 0 Å². The Morgan fingerprint density at radius 3 is 2.25 bits per heavy atom. The molecule has 0 aliphatic heterocycles. The lowest BCUT2D eigenvalue weighted by molar-refractivity contribution is 0.298. The molecule has 0 unspecified atom stereocenters. The summed E-state index contributed by atoms with van der Waals surface area (Å²) in [5, 5.41) is 0. The van der Waals surface area contributed by atoms with E-state index in [-0.39, 0.29) is 5.95 Å². The summed E-state index contributed by atoms with van der Waals surface area (Å²) in [6.07, 6.45) is 6.90. The summed E-state index contributed by atoms with van der Waals surface area (Å²) in [4.78, 5) is 13.2. The molecule has 0 aromatic carbocycles. The molecule has 4 aromatic heterocycles. The van der Waals surface area contributed by atoms with Crippen molar-refractivity contribution in [2.45, 2.75) is 19.8 Å². The highest BCUT2D eigenvalue weighted by Crippen LogP contribution is 2.39. The molecule has 28 heavy (non-hydrogen) atoms. The van der Waals surface area contributed by atoms with E-state index in [1.807, 2.05) is 24.3 Å². The first-order valence-electron chi connectivity index (χ1n) is 9.10. The maximum Gasteiger partial charge on any atom is 0.221 e. The van der Waals surface area contributed by atoms with Crippen LogP contribution in [0.15, 0.2) is 64.0 Å². The van der Waals surface area contributed by atoms with E-state index in [1.54, 1.807) is 30.9 Å². The van der Waals surface area contributed by atoms with Gasteiger partial charge in [-0.1, -0.05) is 13.3 Å². The molecule has 0 saturated carbocycles. The molecule has 0 saturated heterocycles. The summed E-state index contributed by atoms with van der Waals surface area (Å²) >= 11 is 0. The number of rotatable bonds is 7. The van der Waals surface area contributed by atoms with E-state index < -0.39 is 0 Å². The van der Waals surface area contributed by atoms with Crippen LogP contribution in [0.2, 0.25) is 0 Å². The summed E-state index contributed by atoms with van der Waals surface area (Å²) in [5.41, 5.74) is 8.71. The van der Waals surface area contributed by atoms with Gasteiger partial charge in [0.15, 0.2) is 11.5 Å². The molecule has 142 valence electrons. The Morgan fingerprint density at radius 1 is 1.00 bits per heavy atom. The zero-order valence-corrected chi connectivity index (χ0v) is 15.5. The van der Waals surface area contributed by atoms with Gasteiger partial charge < -0.3 is 19.3 Å². The maximum atomic E-state index is 5.99. The maximum absolute atomic E-state index is 5.99. The number of hydrogen-bond acceptors (Lipinski definition) is 7. The Bertz CT molecular complexity index is 988. The van der Waals surface area contributed by atoms with Crippen LogP contribution < -0.4 is 10.5 Å². The fourth-order valence-corrected chi connectivity index (χ4v) is 2.90. The van der Waals surface area contributed by atoms with Crippen molar-refractivity contribution in [1.29, 1.82) is 0 Å². The van der Waals surface area contributed by atoms with Crippen LogP contribution in [0, 0.1) is 0 Å². The largest absolute Gasteiger partial charge is 0.478 e. The first-order chi connectivity index (χ1) is 13.8.